The van der Waals surface area contributed by atoms with Crippen LogP contribution in [0.5, 0.6) is 0 Å². The number of rotatable bonds is 1. The highest BCUT2D eigenvalue weighted by Crippen LogP contribution is 2.16. The fraction of sp³-hybridized carbons (Fsp3) is 0. The van der Waals surface area contributed by atoms with Gasteiger partial charge in [-0.1, -0.05) is 11.8 Å². The molecule has 0 saturated carbocycles. The quantitative estimate of drug-likeness (QED) is 0.592. The van der Waals surface area contributed by atoms with Gasteiger partial charge in [-0.2, -0.15) is 0 Å². The lowest BCUT2D eigenvalue weighted by Crippen LogP contribution is -2.01. The third kappa shape index (κ3) is 2.02. The summed E-state index contributed by atoms with van der Waals surface area (Å²) in [5.41, 5.74) is 0. The summed E-state index contributed by atoms with van der Waals surface area (Å²) in [7, 11) is 0. The summed E-state index contributed by atoms with van der Waals surface area (Å²) < 4.78 is 8.82. The molecule has 0 bridgehead atoms. The number of ether oxygens (including phenoxy) is 2. The molecule has 5 heteroatoms. The monoisotopic (exact) mass is 160 g/mol. The van der Waals surface area contributed by atoms with Crippen molar-refractivity contribution in [2.24, 2.45) is 0 Å². The van der Waals surface area contributed by atoms with Gasteiger partial charge in [0.05, 0.1) is 5.41 Å². The summed E-state index contributed by atoms with van der Waals surface area (Å²) in [4.78, 5) is 9.89. The second-order valence-electron chi connectivity index (χ2n) is 1.33. The molecule has 0 spiro atoms. The molecule has 0 atom stereocenters. The van der Waals surface area contributed by atoms with Crippen LogP contribution in [0.2, 0.25) is 0 Å². The van der Waals surface area contributed by atoms with Gasteiger partial charge in [0.25, 0.3) is 0 Å². The molecule has 0 unspecified atom stereocenters. The minimum atomic E-state index is -1.37. The van der Waals surface area contributed by atoms with E-state index in [1.54, 1.807) is 5.41 Å². The summed E-state index contributed by atoms with van der Waals surface area (Å²) in [6, 6.07) is 0. The minimum Gasteiger partial charge on any atom is -0.449 e. The summed E-state index contributed by atoms with van der Waals surface area (Å²) in [6.45, 7) is 0. The zero-order valence-corrected chi connectivity index (χ0v) is 5.63. The van der Waals surface area contributed by atoms with E-state index in [9.17, 15) is 4.79 Å². The van der Waals surface area contributed by atoms with Gasteiger partial charge in [0.1, 0.15) is 6.26 Å². The molecule has 0 fully saturated rings. The lowest BCUT2D eigenvalue weighted by molar-refractivity contribution is 0.0702. The first-order valence-corrected chi connectivity index (χ1v) is 3.31. The van der Waals surface area contributed by atoms with Gasteiger partial charge in [0, 0.05) is 5.41 Å². The van der Waals surface area contributed by atoms with E-state index in [0.717, 1.165) is 0 Å². The number of carboxylic acid groups (broad SMARTS) is 1. The van der Waals surface area contributed by atoms with Crippen molar-refractivity contribution in [3.63, 3.8) is 0 Å². The van der Waals surface area contributed by atoms with Crippen molar-refractivity contribution in [2.75, 3.05) is 0 Å². The van der Waals surface area contributed by atoms with E-state index in [4.69, 9.17) is 5.11 Å². The first-order valence-electron chi connectivity index (χ1n) is 2.37. The van der Waals surface area contributed by atoms with E-state index in [0.29, 0.717) is 0 Å². The van der Waals surface area contributed by atoms with Crippen LogP contribution in [-0.4, -0.2) is 11.3 Å². The van der Waals surface area contributed by atoms with E-state index >= 15 is 0 Å². The number of hydrogen-bond donors (Lipinski definition) is 1. The maximum Gasteiger partial charge on any atom is 0.513 e. The van der Waals surface area contributed by atoms with Gasteiger partial charge in [-0.15, -0.1) is 0 Å². The summed E-state index contributed by atoms with van der Waals surface area (Å²) >= 11 is 1.29. The van der Waals surface area contributed by atoms with E-state index in [2.05, 4.69) is 9.47 Å². The summed E-state index contributed by atoms with van der Waals surface area (Å²) in [6.07, 6.45) is -0.0229. The Bertz CT molecular complexity index is 196. The van der Waals surface area contributed by atoms with Crippen LogP contribution in [0.25, 0.3) is 0 Å². The zero-order chi connectivity index (χ0) is 7.40. The number of carbonyl (C=O) groups is 1. The van der Waals surface area contributed by atoms with Crippen LogP contribution in [0, 0.1) is 0 Å². The Balaban J connectivity index is 2.41. The van der Waals surface area contributed by atoms with Crippen LogP contribution in [0.1, 0.15) is 0 Å². The van der Waals surface area contributed by atoms with Gasteiger partial charge in [-0.3, -0.25) is 0 Å². The Morgan fingerprint density at radius 2 is 2.60 bits per heavy atom. The van der Waals surface area contributed by atoms with Crippen molar-refractivity contribution in [3.05, 3.63) is 23.0 Å². The predicted molar refractivity (Wildman–Crippen MR) is 35.0 cm³/mol. The molecule has 0 aromatic rings. The fourth-order valence-corrected chi connectivity index (χ4v) is 0.797. The highest BCUT2D eigenvalue weighted by molar-refractivity contribution is 8.04. The van der Waals surface area contributed by atoms with Gasteiger partial charge in [0.15, 0.2) is 0 Å². The molecule has 1 aliphatic heterocycles. The predicted octanol–water partition coefficient (Wildman–Crippen LogP) is 1.71. The number of thioether (sulfide) groups is 1. The molecular weight excluding hydrogens is 156 g/mol. The van der Waals surface area contributed by atoms with Crippen molar-refractivity contribution in [1.82, 2.24) is 0 Å². The Labute approximate surface area is 61.1 Å². The third-order valence-electron chi connectivity index (χ3n) is 0.670. The maximum absolute atomic E-state index is 9.89. The van der Waals surface area contributed by atoms with Crippen LogP contribution < -0.4 is 0 Å². The van der Waals surface area contributed by atoms with Gasteiger partial charge in [-0.05, 0) is 0 Å². The van der Waals surface area contributed by atoms with E-state index < -0.39 is 6.16 Å². The first kappa shape index (κ1) is 7.01. The second kappa shape index (κ2) is 3.17. The van der Waals surface area contributed by atoms with Gasteiger partial charge >= 0.3 is 12.1 Å². The molecule has 0 amide bonds. The lowest BCUT2D eigenvalue weighted by atomic mass is 10.9. The van der Waals surface area contributed by atoms with Crippen molar-refractivity contribution in [3.8, 4) is 0 Å². The normalized spacial score (nSPS) is 15.4. The summed E-state index contributed by atoms with van der Waals surface area (Å²) in [5, 5.41) is 11.2. The highest BCUT2D eigenvalue weighted by Gasteiger charge is 2.05. The molecule has 0 saturated heterocycles. The maximum atomic E-state index is 9.89. The minimum absolute atomic E-state index is 0.0139. The summed E-state index contributed by atoms with van der Waals surface area (Å²) in [5.74, 6) is -0.0139. The molecule has 1 rings (SSSR count). The second-order valence-corrected chi connectivity index (χ2v) is 2.11. The third-order valence-corrected chi connectivity index (χ3v) is 1.27. The molecule has 1 N–H and O–H groups in total. The molecular formula is C5H4O4S. The average Bonchev–Trinajstić information content (AvgIpc) is 1.88. The van der Waals surface area contributed by atoms with Crippen molar-refractivity contribution in [1.29, 1.82) is 0 Å². The molecule has 0 aromatic heterocycles. The fourth-order valence-electron chi connectivity index (χ4n) is 0.384. The van der Waals surface area contributed by atoms with Gasteiger partial charge < -0.3 is 14.6 Å². The van der Waals surface area contributed by atoms with Crippen LogP contribution in [-0.2, 0) is 9.47 Å². The van der Waals surface area contributed by atoms with E-state index in [1.807, 2.05) is 0 Å². The van der Waals surface area contributed by atoms with E-state index in [1.165, 1.54) is 23.4 Å². The van der Waals surface area contributed by atoms with E-state index in [-0.39, 0.29) is 5.95 Å². The highest BCUT2D eigenvalue weighted by atomic mass is 32.2. The largest absolute Gasteiger partial charge is 0.513 e. The van der Waals surface area contributed by atoms with Crippen molar-refractivity contribution < 1.29 is 19.4 Å². The molecule has 1 aliphatic rings. The SMILES string of the molecule is O=C(O)OC1=CSC=CO1. The standard InChI is InChI=1S/C5H4O4S/c6-5(7)9-4-3-10-2-1-8-4/h1-3H,(H,6,7). The number of hydrogen-bond acceptors (Lipinski definition) is 4. The molecule has 0 radical (unpaired) electrons. The molecule has 0 aliphatic carbocycles. The van der Waals surface area contributed by atoms with Gasteiger partial charge in [0.2, 0.25) is 0 Å². The van der Waals surface area contributed by atoms with Crippen molar-refractivity contribution in [2.45, 2.75) is 0 Å². The van der Waals surface area contributed by atoms with Crippen LogP contribution >= 0.6 is 11.8 Å². The Morgan fingerprint density at radius 3 is 3.10 bits per heavy atom. The molecule has 1 heterocycles. The molecule has 10 heavy (non-hydrogen) atoms. The van der Waals surface area contributed by atoms with Crippen LogP contribution in [0.3, 0.4) is 0 Å². The zero-order valence-electron chi connectivity index (χ0n) is 4.81. The lowest BCUT2D eigenvalue weighted by Gasteiger charge is -2.05. The Hall–Kier alpha value is -1.10. The van der Waals surface area contributed by atoms with Gasteiger partial charge in [-0.25, -0.2) is 4.79 Å². The molecule has 4 nitrogen and oxygen atoms in total. The first-order chi connectivity index (χ1) is 4.79. The molecule has 0 aromatic carbocycles. The molecule has 54 valence electrons. The Kier molecular flexibility index (Phi) is 2.22. The van der Waals surface area contributed by atoms with Crippen molar-refractivity contribution >= 4 is 17.9 Å². The van der Waals surface area contributed by atoms with Crippen LogP contribution in [0.4, 0.5) is 4.79 Å². The van der Waals surface area contributed by atoms with Crippen LogP contribution in [0.15, 0.2) is 23.0 Å². The smallest absolute Gasteiger partial charge is 0.449 e. The average molecular weight is 160 g/mol. The Morgan fingerprint density at radius 1 is 1.80 bits per heavy atom. The topological polar surface area (TPSA) is 55.8 Å².